The maximum absolute atomic E-state index is 6.13. The van der Waals surface area contributed by atoms with E-state index in [1.807, 2.05) is 17.8 Å². The predicted molar refractivity (Wildman–Crippen MR) is 76.6 cm³/mol. The van der Waals surface area contributed by atoms with Gasteiger partial charge >= 0.3 is 0 Å². The Kier molecular flexibility index (Phi) is 4.69. The number of benzene rings is 1. The lowest BCUT2D eigenvalue weighted by molar-refractivity contribution is 0.303. The van der Waals surface area contributed by atoms with Crippen LogP contribution in [0, 0.1) is 0 Å². The molecule has 0 saturated heterocycles. The first-order chi connectivity index (χ1) is 9.13. The molecule has 0 fully saturated rings. The number of nitrogens with two attached hydrogens (primary N) is 1. The second-order valence-electron chi connectivity index (χ2n) is 4.07. The highest BCUT2D eigenvalue weighted by molar-refractivity contribution is 6.35. The second-order valence-corrected chi connectivity index (χ2v) is 4.92. The minimum atomic E-state index is 0.323. The van der Waals surface area contributed by atoms with E-state index in [-0.39, 0.29) is 0 Å². The Bertz CT molecular complexity index is 569. The van der Waals surface area contributed by atoms with Gasteiger partial charge in [-0.15, -0.1) is 0 Å². The molecule has 19 heavy (non-hydrogen) atoms. The molecule has 0 aliphatic rings. The number of rotatable bonds is 5. The van der Waals surface area contributed by atoms with Gasteiger partial charge in [0.2, 0.25) is 0 Å². The van der Waals surface area contributed by atoms with Gasteiger partial charge in [0.15, 0.2) is 0 Å². The Balaban J connectivity index is 2.14. The number of ether oxygens (including phenoxy) is 1. The van der Waals surface area contributed by atoms with Crippen molar-refractivity contribution in [3.63, 3.8) is 0 Å². The Labute approximate surface area is 122 Å². The Hall–Kier alpha value is -1.23. The molecule has 1 aromatic heterocycles. The zero-order valence-electron chi connectivity index (χ0n) is 10.6. The number of hydrogen-bond acceptors (Lipinski definition) is 3. The molecule has 4 nitrogen and oxygen atoms in total. The lowest BCUT2D eigenvalue weighted by atomic mass is 10.2. The van der Waals surface area contributed by atoms with Crippen LogP contribution in [0.4, 0.5) is 0 Å². The van der Waals surface area contributed by atoms with Crippen LogP contribution in [0.5, 0.6) is 5.75 Å². The molecular formula is C13H15Cl2N3O. The van der Waals surface area contributed by atoms with Crippen molar-refractivity contribution in [1.29, 1.82) is 0 Å². The molecule has 2 rings (SSSR count). The van der Waals surface area contributed by atoms with Crippen molar-refractivity contribution in [3.05, 3.63) is 45.7 Å². The molecule has 0 bridgehead atoms. The third-order valence-electron chi connectivity index (χ3n) is 2.70. The fourth-order valence-electron chi connectivity index (χ4n) is 1.74. The summed E-state index contributed by atoms with van der Waals surface area (Å²) in [6, 6.07) is 3.41. The first-order valence-corrected chi connectivity index (χ1v) is 6.71. The summed E-state index contributed by atoms with van der Waals surface area (Å²) in [6.45, 7) is 3.58. The molecule has 6 heteroatoms. The zero-order valence-corrected chi connectivity index (χ0v) is 12.1. The quantitative estimate of drug-likeness (QED) is 0.922. The number of aryl methyl sites for hydroxylation is 1. The maximum atomic E-state index is 6.13. The Morgan fingerprint density at radius 2 is 2.16 bits per heavy atom. The van der Waals surface area contributed by atoms with E-state index in [0.717, 1.165) is 17.7 Å². The number of aromatic nitrogens is 2. The molecule has 0 unspecified atom stereocenters. The summed E-state index contributed by atoms with van der Waals surface area (Å²) in [6.07, 6.45) is 3.71. The number of hydrogen-bond donors (Lipinski definition) is 1. The molecular weight excluding hydrogens is 285 g/mol. The summed E-state index contributed by atoms with van der Waals surface area (Å²) in [7, 11) is 0. The Morgan fingerprint density at radius 3 is 2.79 bits per heavy atom. The summed E-state index contributed by atoms with van der Waals surface area (Å²) >= 11 is 12.1. The third kappa shape index (κ3) is 3.41. The highest BCUT2D eigenvalue weighted by atomic mass is 35.5. The third-order valence-corrected chi connectivity index (χ3v) is 3.20. The molecule has 0 atom stereocenters. The van der Waals surface area contributed by atoms with Gasteiger partial charge < -0.3 is 10.5 Å². The van der Waals surface area contributed by atoms with E-state index in [0.29, 0.717) is 28.9 Å². The van der Waals surface area contributed by atoms with Gasteiger partial charge in [-0.2, -0.15) is 5.10 Å². The predicted octanol–water partition coefficient (Wildman–Crippen LogP) is 3.25. The van der Waals surface area contributed by atoms with Crippen LogP contribution in [0.15, 0.2) is 24.5 Å². The van der Waals surface area contributed by atoms with Crippen LogP contribution in [0.1, 0.15) is 18.1 Å². The normalized spacial score (nSPS) is 10.7. The minimum Gasteiger partial charge on any atom is -0.487 e. The fraction of sp³-hybridized carbons (Fsp3) is 0.308. The van der Waals surface area contributed by atoms with Crippen molar-refractivity contribution < 1.29 is 4.74 Å². The Morgan fingerprint density at radius 1 is 1.37 bits per heavy atom. The van der Waals surface area contributed by atoms with Crippen molar-refractivity contribution >= 4 is 23.2 Å². The van der Waals surface area contributed by atoms with Crippen molar-refractivity contribution in [1.82, 2.24) is 9.78 Å². The molecule has 102 valence electrons. The smallest absolute Gasteiger partial charge is 0.142 e. The van der Waals surface area contributed by atoms with Crippen molar-refractivity contribution in [2.45, 2.75) is 26.6 Å². The van der Waals surface area contributed by atoms with Gasteiger partial charge in [-0.25, -0.2) is 0 Å². The molecule has 0 spiro atoms. The highest BCUT2D eigenvalue weighted by Crippen LogP contribution is 2.32. The van der Waals surface area contributed by atoms with Crippen LogP contribution in [0.2, 0.25) is 10.0 Å². The summed E-state index contributed by atoms with van der Waals surface area (Å²) in [5.74, 6) is 0.581. The van der Waals surface area contributed by atoms with Crippen LogP contribution < -0.4 is 10.5 Å². The monoisotopic (exact) mass is 299 g/mol. The van der Waals surface area contributed by atoms with Crippen LogP contribution in [-0.2, 0) is 19.7 Å². The van der Waals surface area contributed by atoms with Crippen LogP contribution in [0.3, 0.4) is 0 Å². The topological polar surface area (TPSA) is 53.1 Å². The number of nitrogens with zero attached hydrogens (tertiary/aromatic N) is 2. The van der Waals surface area contributed by atoms with E-state index in [4.69, 9.17) is 33.7 Å². The first-order valence-electron chi connectivity index (χ1n) is 5.96. The van der Waals surface area contributed by atoms with Gasteiger partial charge in [0.25, 0.3) is 0 Å². The lowest BCUT2D eigenvalue weighted by Crippen LogP contribution is -2.03. The highest BCUT2D eigenvalue weighted by Gasteiger charge is 2.10. The van der Waals surface area contributed by atoms with E-state index in [9.17, 15) is 0 Å². The summed E-state index contributed by atoms with van der Waals surface area (Å²) < 4.78 is 7.57. The second kappa shape index (κ2) is 6.28. The van der Waals surface area contributed by atoms with E-state index in [1.54, 1.807) is 18.3 Å². The van der Waals surface area contributed by atoms with Crippen LogP contribution in [0.25, 0.3) is 0 Å². The van der Waals surface area contributed by atoms with E-state index < -0.39 is 0 Å². The van der Waals surface area contributed by atoms with Crippen molar-refractivity contribution in [3.8, 4) is 5.75 Å². The van der Waals surface area contributed by atoms with Crippen molar-refractivity contribution in [2.75, 3.05) is 0 Å². The van der Waals surface area contributed by atoms with Gasteiger partial charge in [-0.3, -0.25) is 4.68 Å². The molecule has 0 radical (unpaired) electrons. The zero-order chi connectivity index (χ0) is 13.8. The van der Waals surface area contributed by atoms with Gasteiger partial charge in [-0.05, 0) is 19.1 Å². The standard InChI is InChI=1S/C13H15Cl2N3O/c1-2-18-7-9(6-17-18)8-19-13-10(5-16)3-11(14)4-12(13)15/h3-4,6-7H,2,5,8,16H2,1H3. The molecule has 0 saturated carbocycles. The molecule has 2 aromatic rings. The van der Waals surface area contributed by atoms with Gasteiger partial charge in [0.05, 0.1) is 11.2 Å². The molecule has 1 aromatic carbocycles. The fourth-order valence-corrected chi connectivity index (χ4v) is 2.33. The molecule has 0 amide bonds. The SMILES string of the molecule is CCn1cc(COc2c(Cl)cc(Cl)cc2CN)cn1. The largest absolute Gasteiger partial charge is 0.487 e. The van der Waals surface area contributed by atoms with Crippen molar-refractivity contribution in [2.24, 2.45) is 5.73 Å². The van der Waals surface area contributed by atoms with Crippen LogP contribution in [-0.4, -0.2) is 9.78 Å². The summed E-state index contributed by atoms with van der Waals surface area (Å²) in [5, 5.41) is 5.20. The number of halogens is 2. The summed E-state index contributed by atoms with van der Waals surface area (Å²) in [5.41, 5.74) is 7.44. The summed E-state index contributed by atoms with van der Waals surface area (Å²) in [4.78, 5) is 0. The van der Waals surface area contributed by atoms with Gasteiger partial charge in [0, 0.05) is 35.4 Å². The van der Waals surface area contributed by atoms with E-state index in [2.05, 4.69) is 5.10 Å². The molecule has 2 N–H and O–H groups in total. The average molecular weight is 300 g/mol. The van der Waals surface area contributed by atoms with E-state index >= 15 is 0 Å². The first kappa shape index (κ1) is 14.2. The van der Waals surface area contributed by atoms with Gasteiger partial charge in [0.1, 0.15) is 12.4 Å². The lowest BCUT2D eigenvalue weighted by Gasteiger charge is -2.12. The van der Waals surface area contributed by atoms with Gasteiger partial charge in [-0.1, -0.05) is 23.2 Å². The van der Waals surface area contributed by atoms with Crippen LogP contribution >= 0.6 is 23.2 Å². The molecule has 1 heterocycles. The minimum absolute atomic E-state index is 0.323. The van der Waals surface area contributed by atoms with E-state index in [1.165, 1.54) is 0 Å². The molecule has 0 aliphatic carbocycles. The average Bonchev–Trinajstić information content (AvgIpc) is 2.84. The maximum Gasteiger partial charge on any atom is 0.142 e. The molecule has 0 aliphatic heterocycles.